The largest absolute Gasteiger partial charge is 0.316 e. The Bertz CT molecular complexity index is 447. The fourth-order valence-electron chi connectivity index (χ4n) is 2.06. The standard InChI is InChI=1S/C13H17FN2O/c1-3-8(2)7-16-11-6-9(14)4-5-10(11)12(15)13(16)17/h4-6,8,12H,3,7,15H2,1-2H3. The van der Waals surface area contributed by atoms with E-state index in [4.69, 9.17) is 5.73 Å². The molecule has 0 saturated carbocycles. The second-order valence-electron chi connectivity index (χ2n) is 4.64. The van der Waals surface area contributed by atoms with Gasteiger partial charge in [-0.3, -0.25) is 4.79 Å². The van der Waals surface area contributed by atoms with Crippen molar-refractivity contribution in [1.29, 1.82) is 0 Å². The normalized spacial score (nSPS) is 20.6. The van der Waals surface area contributed by atoms with E-state index < -0.39 is 6.04 Å². The van der Waals surface area contributed by atoms with Gasteiger partial charge in [0.2, 0.25) is 5.91 Å². The van der Waals surface area contributed by atoms with Gasteiger partial charge < -0.3 is 10.6 Å². The van der Waals surface area contributed by atoms with Gasteiger partial charge in [-0.15, -0.1) is 0 Å². The van der Waals surface area contributed by atoms with E-state index in [1.165, 1.54) is 12.1 Å². The van der Waals surface area contributed by atoms with Gasteiger partial charge in [-0.2, -0.15) is 0 Å². The molecule has 1 heterocycles. The second-order valence-corrected chi connectivity index (χ2v) is 4.64. The first-order valence-corrected chi connectivity index (χ1v) is 5.91. The molecule has 3 nitrogen and oxygen atoms in total. The number of fused-ring (bicyclic) bond motifs is 1. The number of anilines is 1. The molecule has 2 N–H and O–H groups in total. The Kier molecular flexibility index (Phi) is 3.15. The summed E-state index contributed by atoms with van der Waals surface area (Å²) in [6.07, 6.45) is 0.976. The van der Waals surface area contributed by atoms with Crippen LogP contribution in [0.5, 0.6) is 0 Å². The molecule has 92 valence electrons. The number of hydrogen-bond acceptors (Lipinski definition) is 2. The SMILES string of the molecule is CCC(C)CN1C(=O)C(N)c2ccc(F)cc21. The Morgan fingerprint density at radius 1 is 1.53 bits per heavy atom. The summed E-state index contributed by atoms with van der Waals surface area (Å²) in [4.78, 5) is 13.6. The minimum atomic E-state index is -0.644. The van der Waals surface area contributed by atoms with Crippen molar-refractivity contribution < 1.29 is 9.18 Å². The van der Waals surface area contributed by atoms with Crippen molar-refractivity contribution in [2.45, 2.75) is 26.3 Å². The monoisotopic (exact) mass is 236 g/mol. The van der Waals surface area contributed by atoms with Gasteiger partial charge in [-0.1, -0.05) is 26.3 Å². The maximum atomic E-state index is 13.2. The smallest absolute Gasteiger partial charge is 0.248 e. The summed E-state index contributed by atoms with van der Waals surface area (Å²) in [6.45, 7) is 4.73. The third-order valence-electron chi connectivity index (χ3n) is 3.34. The van der Waals surface area contributed by atoms with E-state index in [9.17, 15) is 9.18 Å². The van der Waals surface area contributed by atoms with Gasteiger partial charge in [-0.05, 0) is 18.1 Å². The molecule has 17 heavy (non-hydrogen) atoms. The molecule has 0 bridgehead atoms. The van der Waals surface area contributed by atoms with E-state index in [1.807, 2.05) is 0 Å². The highest BCUT2D eigenvalue weighted by Gasteiger charge is 2.35. The number of nitrogens with two attached hydrogens (primary N) is 1. The Hall–Kier alpha value is -1.42. The van der Waals surface area contributed by atoms with E-state index >= 15 is 0 Å². The van der Waals surface area contributed by atoms with Crippen LogP contribution in [0, 0.1) is 11.7 Å². The van der Waals surface area contributed by atoms with Crippen molar-refractivity contribution in [3.8, 4) is 0 Å². The van der Waals surface area contributed by atoms with Crippen LogP contribution in [-0.4, -0.2) is 12.5 Å². The van der Waals surface area contributed by atoms with Crippen LogP contribution < -0.4 is 10.6 Å². The van der Waals surface area contributed by atoms with E-state index in [-0.39, 0.29) is 11.7 Å². The predicted octanol–water partition coefficient (Wildman–Crippen LogP) is 2.22. The number of nitrogens with zero attached hydrogens (tertiary/aromatic N) is 1. The lowest BCUT2D eigenvalue weighted by Gasteiger charge is -2.21. The average Bonchev–Trinajstić information content (AvgIpc) is 2.54. The first-order chi connectivity index (χ1) is 8.04. The lowest BCUT2D eigenvalue weighted by molar-refractivity contribution is -0.119. The van der Waals surface area contributed by atoms with Crippen molar-refractivity contribution in [3.63, 3.8) is 0 Å². The minimum Gasteiger partial charge on any atom is -0.316 e. The summed E-state index contributed by atoms with van der Waals surface area (Å²) in [5.74, 6) is -0.0916. The van der Waals surface area contributed by atoms with Crippen molar-refractivity contribution in [2.24, 2.45) is 11.7 Å². The topological polar surface area (TPSA) is 46.3 Å². The highest BCUT2D eigenvalue weighted by molar-refractivity contribution is 6.04. The van der Waals surface area contributed by atoms with Crippen LogP contribution >= 0.6 is 0 Å². The molecule has 2 atom stereocenters. The highest BCUT2D eigenvalue weighted by atomic mass is 19.1. The van der Waals surface area contributed by atoms with E-state index in [1.54, 1.807) is 11.0 Å². The molecule has 0 spiro atoms. The summed E-state index contributed by atoms with van der Waals surface area (Å²) in [7, 11) is 0. The molecule has 2 unspecified atom stereocenters. The molecule has 4 heteroatoms. The quantitative estimate of drug-likeness (QED) is 0.874. The zero-order valence-corrected chi connectivity index (χ0v) is 10.1. The maximum absolute atomic E-state index is 13.2. The highest BCUT2D eigenvalue weighted by Crippen LogP contribution is 2.35. The van der Waals surface area contributed by atoms with Crippen LogP contribution in [0.1, 0.15) is 31.9 Å². The van der Waals surface area contributed by atoms with Crippen LogP contribution in [-0.2, 0) is 4.79 Å². The van der Waals surface area contributed by atoms with Crippen LogP contribution in [0.3, 0.4) is 0 Å². The lowest BCUT2D eigenvalue weighted by atomic mass is 10.1. The molecule has 1 amide bonds. The van der Waals surface area contributed by atoms with E-state index in [0.29, 0.717) is 18.2 Å². The molecule has 2 rings (SSSR count). The zero-order chi connectivity index (χ0) is 12.6. The third-order valence-corrected chi connectivity index (χ3v) is 3.34. The van der Waals surface area contributed by atoms with Gasteiger partial charge in [0.1, 0.15) is 11.9 Å². The average molecular weight is 236 g/mol. The van der Waals surface area contributed by atoms with Gasteiger partial charge in [-0.25, -0.2) is 4.39 Å². The molecule has 1 aromatic rings. The summed E-state index contributed by atoms with van der Waals surface area (Å²) in [6, 6.07) is 3.69. The molecular formula is C13H17FN2O. The van der Waals surface area contributed by atoms with Gasteiger partial charge >= 0.3 is 0 Å². The molecular weight excluding hydrogens is 219 g/mol. The third kappa shape index (κ3) is 2.05. The van der Waals surface area contributed by atoms with Crippen LogP contribution in [0.15, 0.2) is 18.2 Å². The minimum absolute atomic E-state index is 0.133. The van der Waals surface area contributed by atoms with Gasteiger partial charge in [0.05, 0.1) is 5.69 Å². The molecule has 1 aromatic carbocycles. The van der Waals surface area contributed by atoms with Gasteiger partial charge in [0, 0.05) is 12.1 Å². The molecule has 1 aliphatic heterocycles. The number of halogens is 1. The Morgan fingerprint density at radius 3 is 2.88 bits per heavy atom. The Labute approximate surface area is 100 Å². The zero-order valence-electron chi connectivity index (χ0n) is 10.1. The first-order valence-electron chi connectivity index (χ1n) is 5.91. The lowest BCUT2D eigenvalue weighted by Crippen LogP contribution is -2.34. The van der Waals surface area contributed by atoms with Crippen molar-refractivity contribution >= 4 is 11.6 Å². The van der Waals surface area contributed by atoms with Crippen molar-refractivity contribution in [1.82, 2.24) is 0 Å². The number of amides is 1. The fourth-order valence-corrected chi connectivity index (χ4v) is 2.06. The second kappa shape index (κ2) is 4.45. The fraction of sp³-hybridized carbons (Fsp3) is 0.462. The summed E-state index contributed by atoms with van der Waals surface area (Å²) >= 11 is 0. The number of carbonyl (C=O) groups is 1. The number of carbonyl (C=O) groups excluding carboxylic acids is 1. The maximum Gasteiger partial charge on any atom is 0.248 e. The molecule has 0 fully saturated rings. The molecule has 0 aliphatic carbocycles. The molecule has 0 radical (unpaired) electrons. The van der Waals surface area contributed by atoms with Crippen molar-refractivity contribution in [2.75, 3.05) is 11.4 Å². The van der Waals surface area contributed by atoms with Crippen LogP contribution in [0.2, 0.25) is 0 Å². The molecule has 0 aromatic heterocycles. The predicted molar refractivity (Wildman–Crippen MR) is 65.1 cm³/mol. The molecule has 1 aliphatic rings. The van der Waals surface area contributed by atoms with Crippen LogP contribution in [0.4, 0.5) is 10.1 Å². The van der Waals surface area contributed by atoms with Crippen molar-refractivity contribution in [3.05, 3.63) is 29.6 Å². The summed E-state index contributed by atoms with van der Waals surface area (Å²) < 4.78 is 13.2. The van der Waals surface area contributed by atoms with Gasteiger partial charge in [0.15, 0.2) is 0 Å². The van der Waals surface area contributed by atoms with Gasteiger partial charge in [0.25, 0.3) is 0 Å². The summed E-state index contributed by atoms with van der Waals surface area (Å²) in [5.41, 5.74) is 7.18. The van der Waals surface area contributed by atoms with E-state index in [2.05, 4.69) is 13.8 Å². The van der Waals surface area contributed by atoms with E-state index in [0.717, 1.165) is 12.0 Å². The number of hydrogen-bond donors (Lipinski definition) is 1. The first kappa shape index (κ1) is 12.0. The molecule has 0 saturated heterocycles. The van der Waals surface area contributed by atoms with Crippen LogP contribution in [0.25, 0.3) is 0 Å². The Morgan fingerprint density at radius 2 is 2.24 bits per heavy atom. The Balaban J connectivity index is 2.36. The number of benzene rings is 1. The summed E-state index contributed by atoms with van der Waals surface area (Å²) in [5, 5.41) is 0. The number of rotatable bonds is 3.